The summed E-state index contributed by atoms with van der Waals surface area (Å²) in [7, 11) is 1.87. The summed E-state index contributed by atoms with van der Waals surface area (Å²) < 4.78 is 7.64. The molecular formula is C15H24N2O2. The Labute approximate surface area is 115 Å². The molecule has 0 amide bonds. The third-order valence-electron chi connectivity index (χ3n) is 4.01. The first-order chi connectivity index (χ1) is 9.05. The molecule has 1 heterocycles. The summed E-state index contributed by atoms with van der Waals surface area (Å²) >= 11 is 0. The number of aromatic nitrogens is 2. The van der Waals surface area contributed by atoms with Crippen LogP contribution in [-0.4, -0.2) is 27.8 Å². The molecule has 2 rings (SSSR count). The maximum absolute atomic E-state index is 12.7. The van der Waals surface area contributed by atoms with Gasteiger partial charge in [-0.2, -0.15) is 5.10 Å². The molecule has 1 aliphatic rings. The second-order valence-electron chi connectivity index (χ2n) is 5.75. The first-order valence-corrected chi connectivity index (χ1v) is 7.20. The topological polar surface area (TPSA) is 44.1 Å². The molecular weight excluding hydrogens is 240 g/mol. The Kier molecular flexibility index (Phi) is 4.40. The van der Waals surface area contributed by atoms with E-state index in [9.17, 15) is 4.79 Å². The molecule has 2 unspecified atom stereocenters. The lowest BCUT2D eigenvalue weighted by Gasteiger charge is -2.38. The number of ketones is 1. The molecule has 1 fully saturated rings. The summed E-state index contributed by atoms with van der Waals surface area (Å²) in [5.74, 6) is 0.784. The highest BCUT2D eigenvalue weighted by Gasteiger charge is 2.41. The molecule has 1 aliphatic carbocycles. The lowest BCUT2D eigenvalue weighted by molar-refractivity contribution is -0.150. The van der Waals surface area contributed by atoms with Gasteiger partial charge in [0.15, 0.2) is 5.78 Å². The summed E-state index contributed by atoms with van der Waals surface area (Å²) in [6, 6.07) is 0. The maximum Gasteiger partial charge on any atom is 0.169 e. The molecule has 4 heteroatoms. The van der Waals surface area contributed by atoms with Crippen molar-refractivity contribution in [1.29, 1.82) is 0 Å². The minimum Gasteiger partial charge on any atom is -0.367 e. The van der Waals surface area contributed by atoms with Crippen molar-refractivity contribution in [3.63, 3.8) is 0 Å². The standard InChI is InChI=1S/C15H24N2O2/c1-4-19-15(7-5-6-12(2)9-15)14(18)8-13-10-16-17(3)11-13/h10-12H,4-9H2,1-3H3. The van der Waals surface area contributed by atoms with Crippen molar-refractivity contribution >= 4 is 5.78 Å². The first-order valence-electron chi connectivity index (χ1n) is 7.20. The maximum atomic E-state index is 12.7. The number of rotatable bonds is 5. The van der Waals surface area contributed by atoms with E-state index in [0.717, 1.165) is 24.8 Å². The molecule has 1 saturated carbocycles. The van der Waals surface area contributed by atoms with Crippen molar-refractivity contribution in [3.8, 4) is 0 Å². The van der Waals surface area contributed by atoms with Crippen LogP contribution in [0.15, 0.2) is 12.4 Å². The van der Waals surface area contributed by atoms with Gasteiger partial charge in [-0.3, -0.25) is 9.48 Å². The van der Waals surface area contributed by atoms with Gasteiger partial charge in [-0.15, -0.1) is 0 Å². The van der Waals surface area contributed by atoms with Gasteiger partial charge in [0.25, 0.3) is 0 Å². The van der Waals surface area contributed by atoms with Crippen LogP contribution in [0, 0.1) is 5.92 Å². The predicted molar refractivity (Wildman–Crippen MR) is 73.9 cm³/mol. The monoisotopic (exact) mass is 264 g/mol. The molecule has 0 bridgehead atoms. The van der Waals surface area contributed by atoms with Crippen LogP contribution >= 0.6 is 0 Å². The van der Waals surface area contributed by atoms with Crippen LogP contribution in [0.3, 0.4) is 0 Å². The van der Waals surface area contributed by atoms with Crippen molar-refractivity contribution in [2.75, 3.05) is 6.61 Å². The zero-order chi connectivity index (χ0) is 13.9. The molecule has 19 heavy (non-hydrogen) atoms. The van der Waals surface area contributed by atoms with Crippen LogP contribution < -0.4 is 0 Å². The zero-order valence-electron chi connectivity index (χ0n) is 12.2. The highest BCUT2D eigenvalue weighted by atomic mass is 16.5. The lowest BCUT2D eigenvalue weighted by atomic mass is 9.75. The van der Waals surface area contributed by atoms with E-state index in [4.69, 9.17) is 4.74 Å². The number of hydrogen-bond donors (Lipinski definition) is 0. The van der Waals surface area contributed by atoms with Crippen molar-refractivity contribution in [2.24, 2.45) is 13.0 Å². The van der Waals surface area contributed by atoms with Gasteiger partial charge in [-0.1, -0.05) is 13.3 Å². The number of ether oxygens (including phenoxy) is 1. The van der Waals surface area contributed by atoms with Gasteiger partial charge in [0.2, 0.25) is 0 Å². The van der Waals surface area contributed by atoms with Gasteiger partial charge in [-0.05, 0) is 37.7 Å². The van der Waals surface area contributed by atoms with Crippen LogP contribution in [0.1, 0.15) is 45.1 Å². The van der Waals surface area contributed by atoms with E-state index in [-0.39, 0.29) is 5.78 Å². The second kappa shape index (κ2) is 5.87. The molecule has 0 spiro atoms. The minimum atomic E-state index is -0.553. The Bertz CT molecular complexity index is 437. The van der Waals surface area contributed by atoms with E-state index in [0.29, 0.717) is 18.9 Å². The Morgan fingerprint density at radius 1 is 1.63 bits per heavy atom. The average molecular weight is 264 g/mol. The SMILES string of the molecule is CCOC1(C(=O)Cc2cnn(C)c2)CCCC(C)C1. The quantitative estimate of drug-likeness (QED) is 0.821. The summed E-state index contributed by atoms with van der Waals surface area (Å²) in [6.07, 6.45) is 8.12. The van der Waals surface area contributed by atoms with Gasteiger partial charge in [0.05, 0.1) is 6.20 Å². The number of carbonyl (C=O) groups is 1. The molecule has 0 N–H and O–H groups in total. The largest absolute Gasteiger partial charge is 0.367 e. The summed E-state index contributed by atoms with van der Waals surface area (Å²) in [5, 5.41) is 4.12. The van der Waals surface area contributed by atoms with Crippen LogP contribution in [0.4, 0.5) is 0 Å². The molecule has 106 valence electrons. The fourth-order valence-electron chi connectivity index (χ4n) is 3.15. The van der Waals surface area contributed by atoms with Crippen molar-refractivity contribution in [1.82, 2.24) is 9.78 Å². The van der Waals surface area contributed by atoms with Gasteiger partial charge >= 0.3 is 0 Å². The van der Waals surface area contributed by atoms with E-state index in [1.54, 1.807) is 10.9 Å². The van der Waals surface area contributed by atoms with E-state index in [1.165, 1.54) is 6.42 Å². The van der Waals surface area contributed by atoms with Gasteiger partial charge in [-0.25, -0.2) is 0 Å². The molecule has 0 aliphatic heterocycles. The third kappa shape index (κ3) is 3.24. The third-order valence-corrected chi connectivity index (χ3v) is 4.01. The molecule has 0 aromatic carbocycles. The average Bonchev–Trinajstić information content (AvgIpc) is 2.75. The fraction of sp³-hybridized carbons (Fsp3) is 0.733. The normalized spacial score (nSPS) is 27.4. The minimum absolute atomic E-state index is 0.217. The highest BCUT2D eigenvalue weighted by molar-refractivity contribution is 5.89. The van der Waals surface area contributed by atoms with Gasteiger partial charge in [0, 0.05) is 26.3 Å². The van der Waals surface area contributed by atoms with Crippen LogP contribution in [-0.2, 0) is 23.0 Å². The van der Waals surface area contributed by atoms with E-state index < -0.39 is 5.60 Å². The number of carbonyl (C=O) groups excluding carboxylic acids is 1. The predicted octanol–water partition coefficient (Wildman–Crippen LogP) is 2.52. The number of hydrogen-bond acceptors (Lipinski definition) is 3. The van der Waals surface area contributed by atoms with Crippen LogP contribution in [0.5, 0.6) is 0 Å². The molecule has 2 atom stereocenters. The number of Topliss-reactive ketones (excluding diaryl/α,β-unsaturated/α-hetero) is 1. The Balaban J connectivity index is 2.11. The van der Waals surface area contributed by atoms with Crippen LogP contribution in [0.2, 0.25) is 0 Å². The van der Waals surface area contributed by atoms with Crippen molar-refractivity contribution in [2.45, 2.75) is 51.6 Å². The van der Waals surface area contributed by atoms with Crippen molar-refractivity contribution < 1.29 is 9.53 Å². The molecule has 0 saturated heterocycles. The van der Waals surface area contributed by atoms with Crippen LogP contribution in [0.25, 0.3) is 0 Å². The fourth-order valence-corrected chi connectivity index (χ4v) is 3.15. The van der Waals surface area contributed by atoms with Gasteiger partial charge < -0.3 is 4.74 Å². The molecule has 1 aromatic rings. The first kappa shape index (κ1) is 14.3. The Hall–Kier alpha value is -1.16. The lowest BCUT2D eigenvalue weighted by Crippen LogP contribution is -2.46. The molecule has 0 radical (unpaired) electrons. The summed E-state index contributed by atoms with van der Waals surface area (Å²) in [5.41, 5.74) is 0.423. The van der Waals surface area contributed by atoms with E-state index in [1.807, 2.05) is 20.2 Å². The smallest absolute Gasteiger partial charge is 0.169 e. The number of nitrogens with zero attached hydrogens (tertiary/aromatic N) is 2. The van der Waals surface area contributed by atoms with E-state index in [2.05, 4.69) is 12.0 Å². The highest BCUT2D eigenvalue weighted by Crippen LogP contribution is 2.36. The number of aryl methyl sites for hydroxylation is 1. The zero-order valence-corrected chi connectivity index (χ0v) is 12.2. The second-order valence-corrected chi connectivity index (χ2v) is 5.75. The Morgan fingerprint density at radius 3 is 3.00 bits per heavy atom. The summed E-state index contributed by atoms with van der Waals surface area (Å²) in [6.45, 7) is 4.79. The Morgan fingerprint density at radius 2 is 2.42 bits per heavy atom. The molecule has 1 aromatic heterocycles. The summed E-state index contributed by atoms with van der Waals surface area (Å²) in [4.78, 5) is 12.7. The van der Waals surface area contributed by atoms with Gasteiger partial charge in [0.1, 0.15) is 5.60 Å². The molecule has 4 nitrogen and oxygen atoms in total. The van der Waals surface area contributed by atoms with E-state index >= 15 is 0 Å². The van der Waals surface area contributed by atoms with Crippen molar-refractivity contribution in [3.05, 3.63) is 18.0 Å².